The van der Waals surface area contributed by atoms with Gasteiger partial charge in [0, 0.05) is 16.7 Å². The summed E-state index contributed by atoms with van der Waals surface area (Å²) >= 11 is 0. The smallest absolute Gasteiger partial charge is 0.156 e. The molecule has 4 nitrogen and oxygen atoms in total. The van der Waals surface area contributed by atoms with Crippen LogP contribution in [-0.2, 0) is 15.6 Å². The Kier molecular flexibility index (Phi) is 4.58. The molecule has 2 aromatic carbocycles. The lowest BCUT2D eigenvalue weighted by Gasteiger charge is -2.34. The Balaban J connectivity index is 1.68. The zero-order valence-electron chi connectivity index (χ0n) is 14.9. The van der Waals surface area contributed by atoms with Crippen molar-refractivity contribution in [2.45, 2.75) is 29.8 Å². The number of hydrogen-bond donors (Lipinski definition) is 1. The van der Waals surface area contributed by atoms with Gasteiger partial charge in [-0.3, -0.25) is 9.00 Å². The highest BCUT2D eigenvalue weighted by Crippen LogP contribution is 2.39. The molecular weight excluding hydrogens is 360 g/mol. The second-order valence-electron chi connectivity index (χ2n) is 7.04. The number of rotatable bonds is 4. The maximum Gasteiger partial charge on any atom is 0.156 e. The number of carbonyl (C=O) groups is 1. The molecule has 0 aliphatic heterocycles. The van der Waals surface area contributed by atoms with Crippen LogP contribution in [0, 0.1) is 6.92 Å². The van der Waals surface area contributed by atoms with Gasteiger partial charge in [0.15, 0.2) is 5.78 Å². The van der Waals surface area contributed by atoms with Crippen molar-refractivity contribution in [3.05, 3.63) is 78.1 Å². The molecule has 4 rings (SSSR count). The number of carbonyl (C=O) groups excluding carboxylic acids is 1. The molecule has 0 unspecified atom stereocenters. The molecule has 1 aliphatic rings. The molecule has 1 heterocycles. The molecule has 3 aromatic rings. The van der Waals surface area contributed by atoms with Crippen LogP contribution < -0.4 is 0 Å². The average Bonchev–Trinajstić information content (AvgIpc) is 3.08. The van der Waals surface area contributed by atoms with Gasteiger partial charge in [-0.1, -0.05) is 35.9 Å². The van der Waals surface area contributed by atoms with Crippen LogP contribution in [0.15, 0.2) is 76.1 Å². The van der Waals surface area contributed by atoms with Gasteiger partial charge in [0.2, 0.25) is 0 Å². The largest absolute Gasteiger partial charge is 0.461 e. The van der Waals surface area contributed by atoms with Gasteiger partial charge in [0.25, 0.3) is 0 Å². The van der Waals surface area contributed by atoms with E-state index < -0.39 is 22.3 Å². The van der Waals surface area contributed by atoms with Crippen molar-refractivity contribution < 1.29 is 18.5 Å². The minimum absolute atomic E-state index is 0.00154. The molecule has 3 atom stereocenters. The fraction of sp³-hybridized carbons (Fsp3) is 0.227. The van der Waals surface area contributed by atoms with Crippen LogP contribution in [0.1, 0.15) is 23.7 Å². The van der Waals surface area contributed by atoms with Crippen LogP contribution in [0.3, 0.4) is 0 Å². The van der Waals surface area contributed by atoms with E-state index in [4.69, 9.17) is 4.42 Å². The van der Waals surface area contributed by atoms with Gasteiger partial charge in [-0.15, -0.1) is 0 Å². The minimum atomic E-state index is -1.42. The fourth-order valence-corrected chi connectivity index (χ4v) is 4.78. The lowest BCUT2D eigenvalue weighted by molar-refractivity contribution is -0.117. The summed E-state index contributed by atoms with van der Waals surface area (Å²) in [5.41, 5.74) is 0.367. The van der Waals surface area contributed by atoms with Crippen molar-refractivity contribution in [3.8, 4) is 0 Å². The van der Waals surface area contributed by atoms with Gasteiger partial charge in [-0.25, -0.2) is 0 Å². The number of furan rings is 1. The van der Waals surface area contributed by atoms with E-state index in [1.165, 1.54) is 12.2 Å². The number of allylic oxidation sites excluding steroid dienone is 1. The van der Waals surface area contributed by atoms with Gasteiger partial charge in [-0.2, -0.15) is 0 Å². The van der Waals surface area contributed by atoms with Crippen molar-refractivity contribution in [1.82, 2.24) is 0 Å². The average molecular weight is 380 g/mol. The summed E-state index contributed by atoms with van der Waals surface area (Å²) < 4.78 is 18.8. The van der Waals surface area contributed by atoms with Crippen molar-refractivity contribution in [1.29, 1.82) is 0 Å². The molecule has 0 amide bonds. The van der Waals surface area contributed by atoms with E-state index in [9.17, 15) is 14.1 Å². The highest BCUT2D eigenvalue weighted by Gasteiger charge is 2.42. The predicted octanol–water partition coefficient (Wildman–Crippen LogP) is 3.89. The zero-order chi connectivity index (χ0) is 19.0. The second kappa shape index (κ2) is 6.91. The number of fused-ring (bicyclic) bond motifs is 1. The van der Waals surface area contributed by atoms with Gasteiger partial charge >= 0.3 is 0 Å². The molecule has 0 saturated heterocycles. The molecule has 5 heteroatoms. The zero-order valence-corrected chi connectivity index (χ0v) is 15.7. The second-order valence-corrected chi connectivity index (χ2v) is 8.49. The Morgan fingerprint density at radius 2 is 1.93 bits per heavy atom. The van der Waals surface area contributed by atoms with E-state index >= 15 is 0 Å². The third-order valence-corrected chi connectivity index (χ3v) is 6.52. The molecule has 0 fully saturated rings. The third-order valence-electron chi connectivity index (χ3n) is 5.00. The first-order chi connectivity index (χ1) is 12.9. The number of aryl methyl sites for hydroxylation is 1. The molecule has 138 valence electrons. The monoisotopic (exact) mass is 380 g/mol. The Bertz CT molecular complexity index is 1010. The van der Waals surface area contributed by atoms with Crippen LogP contribution in [0.2, 0.25) is 0 Å². The topological polar surface area (TPSA) is 67.5 Å². The summed E-state index contributed by atoms with van der Waals surface area (Å²) in [6, 6.07) is 16.8. The van der Waals surface area contributed by atoms with Crippen molar-refractivity contribution in [3.63, 3.8) is 0 Å². The van der Waals surface area contributed by atoms with E-state index in [2.05, 4.69) is 0 Å². The van der Waals surface area contributed by atoms with E-state index in [-0.39, 0.29) is 18.0 Å². The van der Waals surface area contributed by atoms with E-state index in [1.54, 1.807) is 0 Å². The summed E-state index contributed by atoms with van der Waals surface area (Å²) in [6.07, 6.45) is 2.98. The lowest BCUT2D eigenvalue weighted by Crippen LogP contribution is -2.43. The Morgan fingerprint density at radius 1 is 1.19 bits per heavy atom. The Morgan fingerprint density at radius 3 is 2.67 bits per heavy atom. The first-order valence-corrected chi connectivity index (χ1v) is 10.1. The summed E-state index contributed by atoms with van der Waals surface area (Å²) in [5, 5.41) is 12.2. The summed E-state index contributed by atoms with van der Waals surface area (Å²) in [6.45, 7) is 1.97. The van der Waals surface area contributed by atoms with Gasteiger partial charge < -0.3 is 9.52 Å². The van der Waals surface area contributed by atoms with Gasteiger partial charge in [-0.05, 0) is 43.3 Å². The standard InChI is InChI=1S/C22H20O4S/c1-15-6-8-18(9-7-15)27(25)14-22(24)11-10-17(23)13-19(22)21-12-16-4-2-3-5-20(16)26-21/h2-12,19,24H,13-14H2,1H3/t19-,22+,27-/m1/s1. The fourth-order valence-electron chi connectivity index (χ4n) is 3.45. The number of para-hydroxylation sites is 1. The summed E-state index contributed by atoms with van der Waals surface area (Å²) in [5.74, 6) is -0.109. The van der Waals surface area contributed by atoms with E-state index in [0.717, 1.165) is 10.9 Å². The van der Waals surface area contributed by atoms with Crippen molar-refractivity contribution in [2.24, 2.45) is 0 Å². The Labute approximate surface area is 160 Å². The molecule has 1 N–H and O–H groups in total. The first-order valence-electron chi connectivity index (χ1n) is 8.82. The molecule has 0 spiro atoms. The summed E-state index contributed by atoms with van der Waals surface area (Å²) in [7, 11) is -1.41. The van der Waals surface area contributed by atoms with Crippen LogP contribution >= 0.6 is 0 Å². The van der Waals surface area contributed by atoms with Crippen LogP contribution in [0.5, 0.6) is 0 Å². The van der Waals surface area contributed by atoms with Crippen LogP contribution in [-0.4, -0.2) is 26.5 Å². The Hall–Kier alpha value is -2.50. The van der Waals surface area contributed by atoms with Gasteiger partial charge in [0.1, 0.15) is 16.9 Å². The normalized spacial score (nSPS) is 23.6. The molecule has 1 aromatic heterocycles. The van der Waals surface area contributed by atoms with E-state index in [1.807, 2.05) is 61.5 Å². The third kappa shape index (κ3) is 3.53. The molecule has 27 heavy (non-hydrogen) atoms. The maximum atomic E-state index is 12.9. The van der Waals surface area contributed by atoms with Crippen LogP contribution in [0.25, 0.3) is 11.0 Å². The maximum absolute atomic E-state index is 12.9. The van der Waals surface area contributed by atoms with E-state index in [0.29, 0.717) is 16.2 Å². The van der Waals surface area contributed by atoms with Crippen molar-refractivity contribution in [2.75, 3.05) is 5.75 Å². The highest BCUT2D eigenvalue weighted by atomic mass is 32.2. The number of hydrogen-bond acceptors (Lipinski definition) is 4. The quantitative estimate of drug-likeness (QED) is 0.746. The number of benzene rings is 2. The molecule has 0 saturated carbocycles. The SMILES string of the molecule is Cc1ccc([S@](=O)C[C@@]2(O)C=CC(=O)C[C@@H]2c2cc3ccccc3o2)cc1. The molecule has 1 aliphatic carbocycles. The molecule has 0 bridgehead atoms. The number of aliphatic hydroxyl groups is 1. The molecule has 0 radical (unpaired) electrons. The summed E-state index contributed by atoms with van der Waals surface area (Å²) in [4.78, 5) is 12.7. The van der Waals surface area contributed by atoms with Gasteiger partial charge in [0.05, 0.1) is 22.5 Å². The predicted molar refractivity (Wildman–Crippen MR) is 105 cm³/mol. The molecular formula is C22H20O4S. The highest BCUT2D eigenvalue weighted by molar-refractivity contribution is 7.85. The number of ketones is 1. The van der Waals surface area contributed by atoms with Crippen LogP contribution in [0.4, 0.5) is 0 Å². The first kappa shape index (κ1) is 17.9. The minimum Gasteiger partial charge on any atom is -0.461 e. The lowest BCUT2D eigenvalue weighted by atomic mass is 9.79. The van der Waals surface area contributed by atoms with Crippen molar-refractivity contribution >= 4 is 27.6 Å².